The minimum atomic E-state index is -3.62. The molecule has 0 aromatic carbocycles. The molecule has 4 rings (SSSR count). The second kappa shape index (κ2) is 7.29. The fourth-order valence-corrected chi connectivity index (χ4v) is 7.18. The van der Waals surface area contributed by atoms with Crippen molar-refractivity contribution in [3.63, 3.8) is 0 Å². The van der Waals surface area contributed by atoms with Crippen molar-refractivity contribution < 1.29 is 18.0 Å². The zero-order valence-corrected chi connectivity index (χ0v) is 17.2. The van der Waals surface area contributed by atoms with Crippen molar-refractivity contribution in [3.05, 3.63) is 23.6 Å². The molecule has 2 aliphatic heterocycles. The van der Waals surface area contributed by atoms with Gasteiger partial charge < -0.3 is 9.63 Å². The molecule has 1 N–H and O–H groups in total. The molecule has 0 radical (unpaired) electrons. The zero-order valence-electron chi connectivity index (χ0n) is 15.6. The highest BCUT2D eigenvalue weighted by molar-refractivity contribution is 7.91. The van der Waals surface area contributed by atoms with Crippen molar-refractivity contribution in [2.75, 3.05) is 26.2 Å². The van der Waals surface area contributed by atoms with Crippen LogP contribution in [0.25, 0.3) is 10.4 Å². The molecule has 2 aliphatic rings. The number of hydrogen-bond acceptors (Lipinski definition) is 7. The summed E-state index contributed by atoms with van der Waals surface area (Å²) in [5, 5.41) is 14.4. The fourth-order valence-electron chi connectivity index (χ4n) is 4.10. The summed E-state index contributed by atoms with van der Waals surface area (Å²) in [5.41, 5.74) is 1.61. The van der Waals surface area contributed by atoms with Crippen molar-refractivity contribution in [3.8, 4) is 10.4 Å². The lowest BCUT2D eigenvalue weighted by Crippen LogP contribution is -2.46. The lowest BCUT2D eigenvalue weighted by atomic mass is 10.1. The van der Waals surface area contributed by atoms with Crippen LogP contribution in [0.4, 0.5) is 0 Å². The van der Waals surface area contributed by atoms with E-state index in [1.165, 1.54) is 22.1 Å². The summed E-state index contributed by atoms with van der Waals surface area (Å²) < 4.78 is 33.2. The number of nitrogens with zero attached hydrogens (tertiary/aromatic N) is 3. The van der Waals surface area contributed by atoms with Crippen molar-refractivity contribution >= 4 is 21.4 Å². The number of aromatic nitrogens is 1. The predicted molar refractivity (Wildman–Crippen MR) is 103 cm³/mol. The molecule has 148 valence electrons. The predicted octanol–water partition coefficient (Wildman–Crippen LogP) is 2.24. The molecule has 0 unspecified atom stereocenters. The number of hydrogen-bond donors (Lipinski definition) is 1. The van der Waals surface area contributed by atoms with Gasteiger partial charge in [-0.05, 0) is 51.9 Å². The number of piperidine rings is 1. The van der Waals surface area contributed by atoms with Gasteiger partial charge >= 0.3 is 0 Å². The number of thiophene rings is 1. The van der Waals surface area contributed by atoms with E-state index in [-0.39, 0.29) is 12.6 Å². The Morgan fingerprint density at radius 2 is 1.93 bits per heavy atom. The maximum atomic E-state index is 13.1. The van der Waals surface area contributed by atoms with Crippen LogP contribution < -0.4 is 0 Å². The highest BCUT2D eigenvalue weighted by Gasteiger charge is 2.42. The molecule has 27 heavy (non-hydrogen) atoms. The first-order valence-electron chi connectivity index (χ1n) is 9.33. The summed E-state index contributed by atoms with van der Waals surface area (Å²) in [5.74, 6) is 0.681. The number of likely N-dealkylation sites (tertiary alicyclic amines) is 1. The van der Waals surface area contributed by atoms with Crippen molar-refractivity contribution in [1.82, 2.24) is 14.4 Å². The first-order valence-corrected chi connectivity index (χ1v) is 11.6. The first kappa shape index (κ1) is 19.1. The highest BCUT2D eigenvalue weighted by atomic mass is 32.2. The van der Waals surface area contributed by atoms with Crippen LogP contribution in [-0.2, 0) is 10.0 Å². The van der Waals surface area contributed by atoms with Crippen LogP contribution >= 0.6 is 11.3 Å². The van der Waals surface area contributed by atoms with Crippen molar-refractivity contribution in [1.29, 1.82) is 0 Å². The van der Waals surface area contributed by atoms with Crippen LogP contribution in [0.1, 0.15) is 30.7 Å². The molecule has 2 fully saturated rings. The fraction of sp³-hybridized carbons (Fsp3) is 0.611. The smallest absolute Gasteiger partial charge is 0.252 e. The third kappa shape index (κ3) is 3.47. The van der Waals surface area contributed by atoms with Crippen LogP contribution in [0.5, 0.6) is 0 Å². The molecule has 0 spiro atoms. The van der Waals surface area contributed by atoms with E-state index in [9.17, 15) is 13.5 Å². The second-order valence-electron chi connectivity index (χ2n) is 7.37. The van der Waals surface area contributed by atoms with E-state index in [1.54, 1.807) is 12.1 Å². The maximum Gasteiger partial charge on any atom is 0.252 e. The Labute approximate surface area is 163 Å². The van der Waals surface area contributed by atoms with Gasteiger partial charge in [0.1, 0.15) is 9.97 Å². The van der Waals surface area contributed by atoms with E-state index in [0.717, 1.165) is 42.1 Å². The van der Waals surface area contributed by atoms with Gasteiger partial charge in [0.15, 0.2) is 0 Å². The molecule has 0 saturated carbocycles. The summed E-state index contributed by atoms with van der Waals surface area (Å²) in [7, 11) is -3.62. The molecule has 2 saturated heterocycles. The molecule has 9 heteroatoms. The summed E-state index contributed by atoms with van der Waals surface area (Å²) >= 11 is 1.23. The Morgan fingerprint density at radius 1 is 1.19 bits per heavy atom. The Hall–Kier alpha value is -1.26. The van der Waals surface area contributed by atoms with Crippen molar-refractivity contribution in [2.45, 2.75) is 49.5 Å². The number of sulfonamides is 1. The van der Waals surface area contributed by atoms with Gasteiger partial charge in [0.25, 0.3) is 10.0 Å². The van der Waals surface area contributed by atoms with E-state index < -0.39 is 16.1 Å². The van der Waals surface area contributed by atoms with Crippen LogP contribution in [0, 0.1) is 13.8 Å². The molecule has 2 aromatic heterocycles. The van der Waals surface area contributed by atoms with Gasteiger partial charge in [0, 0.05) is 18.0 Å². The molecule has 0 amide bonds. The Bertz CT molecular complexity index is 895. The maximum absolute atomic E-state index is 13.1. The average molecular weight is 412 g/mol. The standard InChI is InChI=1S/C18H25N3O4S2/c1-12-18(13(2)25-19-12)16-6-7-17(26-16)27(23,24)21-10-14(15(22)11-21)20-8-4-3-5-9-20/h6-7,14-15,22H,3-5,8-11H2,1-2H3/t14-,15-/m0/s1. The Morgan fingerprint density at radius 3 is 2.59 bits per heavy atom. The van der Waals surface area contributed by atoms with Crippen molar-refractivity contribution in [2.24, 2.45) is 0 Å². The first-order chi connectivity index (χ1) is 12.9. The SMILES string of the molecule is Cc1noc(C)c1-c1ccc(S(=O)(=O)N2C[C@H](O)[C@@H](N3CCCCC3)C2)s1. The lowest BCUT2D eigenvalue weighted by molar-refractivity contribution is 0.0706. The number of β-amino-alcohol motifs (C(OH)–C–C–N with tert-alkyl or cyclic N) is 1. The largest absolute Gasteiger partial charge is 0.390 e. The number of aliphatic hydroxyl groups is 1. The molecule has 7 nitrogen and oxygen atoms in total. The Balaban J connectivity index is 1.55. The van der Waals surface area contributed by atoms with E-state index in [0.29, 0.717) is 16.5 Å². The van der Waals surface area contributed by atoms with E-state index >= 15 is 0 Å². The average Bonchev–Trinajstić information content (AvgIpc) is 3.35. The summed E-state index contributed by atoms with van der Waals surface area (Å²) in [6.07, 6.45) is 2.80. The van der Waals surface area contributed by atoms with E-state index in [1.807, 2.05) is 13.8 Å². The Kier molecular flexibility index (Phi) is 5.15. The topological polar surface area (TPSA) is 86.9 Å². The molecular formula is C18H25N3O4S2. The van der Waals surface area contributed by atoms with Gasteiger partial charge in [0.2, 0.25) is 0 Å². The summed E-state index contributed by atoms with van der Waals surface area (Å²) in [4.78, 5) is 3.07. The van der Waals surface area contributed by atoms with Gasteiger partial charge in [-0.3, -0.25) is 4.90 Å². The van der Waals surface area contributed by atoms with Gasteiger partial charge in [-0.25, -0.2) is 8.42 Å². The van der Waals surface area contributed by atoms with Crippen LogP contribution in [-0.4, -0.2) is 66.2 Å². The zero-order chi connectivity index (χ0) is 19.2. The van der Waals surface area contributed by atoms with Gasteiger partial charge in [-0.2, -0.15) is 4.31 Å². The number of aryl methyl sites for hydroxylation is 2. The highest BCUT2D eigenvalue weighted by Crippen LogP contribution is 2.36. The molecule has 2 aromatic rings. The minimum absolute atomic E-state index is 0.109. The van der Waals surface area contributed by atoms with Gasteiger partial charge in [-0.15, -0.1) is 11.3 Å². The normalized spacial score (nSPS) is 25.3. The minimum Gasteiger partial charge on any atom is -0.390 e. The van der Waals surface area contributed by atoms with E-state index in [4.69, 9.17) is 4.52 Å². The van der Waals surface area contributed by atoms with Gasteiger partial charge in [0.05, 0.1) is 23.4 Å². The third-order valence-electron chi connectivity index (χ3n) is 5.54. The summed E-state index contributed by atoms with van der Waals surface area (Å²) in [6, 6.07) is 3.34. The van der Waals surface area contributed by atoms with Crippen LogP contribution in [0.2, 0.25) is 0 Å². The second-order valence-corrected chi connectivity index (χ2v) is 10.6. The number of aliphatic hydroxyl groups excluding tert-OH is 1. The molecule has 0 aliphatic carbocycles. The van der Waals surface area contributed by atoms with E-state index in [2.05, 4.69) is 10.1 Å². The molecular weight excluding hydrogens is 386 g/mol. The van der Waals surface area contributed by atoms with Crippen LogP contribution in [0.3, 0.4) is 0 Å². The van der Waals surface area contributed by atoms with Gasteiger partial charge in [-0.1, -0.05) is 11.6 Å². The molecule has 0 bridgehead atoms. The quantitative estimate of drug-likeness (QED) is 0.830. The molecule has 2 atom stereocenters. The monoisotopic (exact) mass is 411 g/mol. The summed E-state index contributed by atoms with van der Waals surface area (Å²) in [6.45, 7) is 6.04. The van der Waals surface area contributed by atoms with Crippen LogP contribution in [0.15, 0.2) is 20.9 Å². The third-order valence-corrected chi connectivity index (χ3v) is 8.94. The lowest BCUT2D eigenvalue weighted by Gasteiger charge is -2.33. The number of rotatable bonds is 4. The molecule has 4 heterocycles.